The molecule has 1 heterocycles. The van der Waals surface area contributed by atoms with Gasteiger partial charge < -0.3 is 15.1 Å². The van der Waals surface area contributed by atoms with E-state index < -0.39 is 24.3 Å². The van der Waals surface area contributed by atoms with Gasteiger partial charge in [-0.3, -0.25) is 4.79 Å². The van der Waals surface area contributed by atoms with Crippen molar-refractivity contribution < 1.29 is 14.3 Å². The normalized spacial score (nSPS) is 11.6. The fourth-order valence-corrected chi connectivity index (χ4v) is 1.95. The summed E-state index contributed by atoms with van der Waals surface area (Å²) in [5.74, 6) is -2.40. The fourth-order valence-electron chi connectivity index (χ4n) is 1.95. The maximum Gasteiger partial charge on any atom is 0.340 e. The van der Waals surface area contributed by atoms with Crippen LogP contribution in [0.25, 0.3) is 10.9 Å². The van der Waals surface area contributed by atoms with Crippen LogP contribution in [0.2, 0.25) is 0 Å². The number of hydrogen-bond acceptors (Lipinski definition) is 5. The summed E-state index contributed by atoms with van der Waals surface area (Å²) in [6.45, 7) is 0.847. The molecule has 106 valence electrons. The number of aromatic amines is 1. The minimum atomic E-state index is -1.17. The Hall–Kier alpha value is -2.94. The zero-order chi connectivity index (χ0) is 15.4. The van der Waals surface area contributed by atoms with Gasteiger partial charge in [-0.05, 0) is 13.0 Å². The zero-order valence-corrected chi connectivity index (χ0v) is 11.3. The van der Waals surface area contributed by atoms with E-state index in [2.05, 4.69) is 4.98 Å². The molecule has 1 aromatic heterocycles. The van der Waals surface area contributed by atoms with E-state index in [1.165, 1.54) is 13.1 Å². The number of nitrogens with one attached hydrogen (secondary N) is 2. The summed E-state index contributed by atoms with van der Waals surface area (Å²) in [6.07, 6.45) is 1.51. The predicted molar refractivity (Wildman–Crippen MR) is 76.1 cm³/mol. The first-order chi connectivity index (χ1) is 10.0. The first-order valence-corrected chi connectivity index (χ1v) is 6.25. The largest absolute Gasteiger partial charge is 0.454 e. The van der Waals surface area contributed by atoms with Crippen LogP contribution in [0, 0.1) is 22.7 Å². The summed E-state index contributed by atoms with van der Waals surface area (Å²) in [5.41, 5.74) is 1.06. The van der Waals surface area contributed by atoms with Crippen LogP contribution in [0.15, 0.2) is 30.5 Å². The molecule has 1 unspecified atom stereocenters. The van der Waals surface area contributed by atoms with E-state index in [4.69, 9.17) is 15.4 Å². The van der Waals surface area contributed by atoms with Crippen molar-refractivity contribution in [1.29, 1.82) is 10.7 Å². The number of ketones is 1. The molecule has 0 bridgehead atoms. The number of Topliss-reactive ketones (excluding diaryl/α,β-unsaturated/α-hetero) is 1. The van der Waals surface area contributed by atoms with E-state index in [1.807, 2.05) is 12.1 Å². The maximum absolute atomic E-state index is 12.0. The van der Waals surface area contributed by atoms with E-state index >= 15 is 0 Å². The third-order valence-corrected chi connectivity index (χ3v) is 3.04. The number of benzene rings is 1. The monoisotopic (exact) mass is 283 g/mol. The van der Waals surface area contributed by atoms with Gasteiger partial charge in [-0.25, -0.2) is 4.79 Å². The first kappa shape index (κ1) is 14.5. The van der Waals surface area contributed by atoms with Gasteiger partial charge in [-0.15, -0.1) is 0 Å². The summed E-state index contributed by atoms with van der Waals surface area (Å²) >= 11 is 0. The van der Waals surface area contributed by atoms with Crippen LogP contribution in [-0.4, -0.2) is 29.1 Å². The zero-order valence-electron chi connectivity index (χ0n) is 11.3. The summed E-state index contributed by atoms with van der Waals surface area (Å²) < 4.78 is 4.93. The molecule has 0 aliphatic heterocycles. The van der Waals surface area contributed by atoms with Crippen LogP contribution in [0.4, 0.5) is 0 Å². The number of nitrogens with zero attached hydrogens (tertiary/aromatic N) is 1. The molecule has 6 nitrogen and oxygen atoms in total. The highest BCUT2D eigenvalue weighted by molar-refractivity contribution is 6.07. The van der Waals surface area contributed by atoms with Gasteiger partial charge >= 0.3 is 5.97 Å². The second kappa shape index (κ2) is 6.01. The SMILES string of the molecule is CC(=N)C(C#N)C(=O)COC(=O)c1c[nH]c2ccccc12. The second-order valence-corrected chi connectivity index (χ2v) is 4.54. The Bertz CT molecular complexity index is 755. The Balaban J connectivity index is 2.08. The van der Waals surface area contributed by atoms with Crippen LogP contribution in [0.1, 0.15) is 17.3 Å². The van der Waals surface area contributed by atoms with Gasteiger partial charge in [0.05, 0.1) is 11.6 Å². The summed E-state index contributed by atoms with van der Waals surface area (Å²) in [4.78, 5) is 26.6. The number of rotatable bonds is 5. The van der Waals surface area contributed by atoms with Crippen molar-refractivity contribution in [3.63, 3.8) is 0 Å². The van der Waals surface area contributed by atoms with Crippen LogP contribution < -0.4 is 0 Å². The summed E-state index contributed by atoms with van der Waals surface area (Å²) in [5, 5.41) is 16.8. The average Bonchev–Trinajstić information content (AvgIpc) is 2.89. The Morgan fingerprint density at radius 2 is 2.14 bits per heavy atom. The third kappa shape index (κ3) is 2.98. The Kier molecular flexibility index (Phi) is 4.14. The van der Waals surface area contributed by atoms with E-state index in [0.29, 0.717) is 10.9 Å². The molecule has 0 fully saturated rings. The number of aromatic nitrogens is 1. The second-order valence-electron chi connectivity index (χ2n) is 4.54. The smallest absolute Gasteiger partial charge is 0.340 e. The van der Waals surface area contributed by atoms with Gasteiger partial charge in [-0.1, -0.05) is 18.2 Å². The van der Waals surface area contributed by atoms with Crippen molar-refractivity contribution >= 4 is 28.4 Å². The predicted octanol–water partition coefficient (Wildman–Crippen LogP) is 2.07. The highest BCUT2D eigenvalue weighted by Gasteiger charge is 2.22. The Labute approximate surface area is 120 Å². The number of H-pyrrole nitrogens is 1. The molecular weight excluding hydrogens is 270 g/mol. The molecular formula is C15H13N3O3. The van der Waals surface area contributed by atoms with E-state index in [1.54, 1.807) is 18.2 Å². The molecule has 0 radical (unpaired) electrons. The van der Waals surface area contributed by atoms with Gasteiger partial charge in [0.1, 0.15) is 5.92 Å². The molecule has 6 heteroatoms. The molecule has 2 aromatic rings. The highest BCUT2D eigenvalue weighted by atomic mass is 16.5. The van der Waals surface area contributed by atoms with E-state index in [0.717, 1.165) is 5.52 Å². The van der Waals surface area contributed by atoms with Crippen molar-refractivity contribution in [1.82, 2.24) is 4.98 Å². The minimum absolute atomic E-state index is 0.0642. The lowest BCUT2D eigenvalue weighted by atomic mass is 10.0. The molecule has 0 amide bonds. The number of carbonyl (C=O) groups is 2. The Morgan fingerprint density at radius 3 is 2.81 bits per heavy atom. The number of fused-ring (bicyclic) bond motifs is 1. The highest BCUT2D eigenvalue weighted by Crippen LogP contribution is 2.18. The number of nitriles is 1. The number of para-hydroxylation sites is 1. The lowest BCUT2D eigenvalue weighted by Gasteiger charge is -2.07. The third-order valence-electron chi connectivity index (χ3n) is 3.04. The maximum atomic E-state index is 12.0. The fraction of sp³-hybridized carbons (Fsp3) is 0.200. The van der Waals surface area contributed by atoms with Gasteiger partial charge in [0, 0.05) is 22.8 Å². The topological polar surface area (TPSA) is 107 Å². The van der Waals surface area contributed by atoms with Crippen molar-refractivity contribution in [2.75, 3.05) is 6.61 Å². The van der Waals surface area contributed by atoms with E-state index in [-0.39, 0.29) is 5.71 Å². The number of esters is 1. The minimum Gasteiger partial charge on any atom is -0.454 e. The average molecular weight is 283 g/mol. The summed E-state index contributed by atoms with van der Waals surface area (Å²) in [7, 11) is 0. The first-order valence-electron chi connectivity index (χ1n) is 6.25. The van der Waals surface area contributed by atoms with Crippen LogP contribution in [-0.2, 0) is 9.53 Å². The van der Waals surface area contributed by atoms with Crippen molar-refractivity contribution in [2.24, 2.45) is 5.92 Å². The molecule has 1 atom stereocenters. The van der Waals surface area contributed by atoms with Gasteiger partial charge in [0.25, 0.3) is 0 Å². The van der Waals surface area contributed by atoms with Crippen LogP contribution >= 0.6 is 0 Å². The quantitative estimate of drug-likeness (QED) is 0.647. The van der Waals surface area contributed by atoms with E-state index in [9.17, 15) is 9.59 Å². The molecule has 0 aliphatic rings. The number of hydrogen-bond donors (Lipinski definition) is 2. The molecule has 2 rings (SSSR count). The molecule has 1 aromatic carbocycles. The molecule has 2 N–H and O–H groups in total. The lowest BCUT2D eigenvalue weighted by molar-refractivity contribution is -0.122. The molecule has 0 saturated carbocycles. The van der Waals surface area contributed by atoms with Crippen molar-refractivity contribution in [2.45, 2.75) is 6.92 Å². The lowest BCUT2D eigenvalue weighted by Crippen LogP contribution is -2.25. The van der Waals surface area contributed by atoms with Gasteiger partial charge in [-0.2, -0.15) is 5.26 Å². The number of carbonyl (C=O) groups excluding carboxylic acids is 2. The molecule has 0 spiro atoms. The summed E-state index contributed by atoms with van der Waals surface area (Å²) in [6, 6.07) is 8.94. The van der Waals surface area contributed by atoms with Crippen LogP contribution in [0.5, 0.6) is 0 Å². The molecule has 0 aliphatic carbocycles. The molecule has 0 saturated heterocycles. The van der Waals surface area contributed by atoms with Crippen LogP contribution in [0.3, 0.4) is 0 Å². The van der Waals surface area contributed by atoms with Crippen molar-refractivity contribution in [3.8, 4) is 6.07 Å². The Morgan fingerprint density at radius 1 is 1.43 bits per heavy atom. The van der Waals surface area contributed by atoms with Gasteiger partial charge in [0.2, 0.25) is 0 Å². The van der Waals surface area contributed by atoms with Crippen molar-refractivity contribution in [3.05, 3.63) is 36.0 Å². The van der Waals surface area contributed by atoms with Gasteiger partial charge in [0.15, 0.2) is 12.4 Å². The number of ether oxygens (including phenoxy) is 1. The molecule has 21 heavy (non-hydrogen) atoms. The standard InChI is InChI=1S/C15H13N3O3/c1-9(17)11(6-16)14(19)8-21-15(20)12-7-18-13-5-3-2-4-10(12)13/h2-5,7,11,17-18H,8H2,1H3.